The maximum absolute atomic E-state index is 13.6. The third kappa shape index (κ3) is 2.50. The number of fused-ring (bicyclic) bond motifs is 1. The highest BCUT2D eigenvalue weighted by Gasteiger charge is 2.30. The molecule has 0 saturated heterocycles. The Morgan fingerprint density at radius 2 is 2.17 bits per heavy atom. The number of aromatic nitrogens is 2. The lowest BCUT2D eigenvalue weighted by Crippen LogP contribution is -2.14. The Morgan fingerprint density at radius 1 is 1.33 bits per heavy atom. The predicted molar refractivity (Wildman–Crippen MR) is 89.4 cm³/mol. The number of ether oxygens (including phenoxy) is 1. The fourth-order valence-corrected chi connectivity index (χ4v) is 2.82. The van der Waals surface area contributed by atoms with Crippen molar-refractivity contribution >= 4 is 22.5 Å². The Kier molecular flexibility index (Phi) is 3.45. The first kappa shape index (κ1) is 14.7. The molecule has 0 radical (unpaired) electrons. The van der Waals surface area contributed by atoms with Crippen molar-refractivity contribution in [1.82, 2.24) is 10.2 Å². The van der Waals surface area contributed by atoms with Crippen molar-refractivity contribution in [3.63, 3.8) is 0 Å². The van der Waals surface area contributed by atoms with E-state index >= 15 is 0 Å². The third-order valence-corrected chi connectivity index (χ3v) is 4.19. The molecule has 1 heterocycles. The number of methoxy groups -OCH3 is 1. The normalized spacial score (nSPS) is 13.9. The molecule has 1 amide bonds. The zero-order valence-electron chi connectivity index (χ0n) is 13.1. The summed E-state index contributed by atoms with van der Waals surface area (Å²) >= 11 is 0. The highest BCUT2D eigenvalue weighted by Crippen LogP contribution is 2.40. The van der Waals surface area contributed by atoms with Crippen molar-refractivity contribution in [2.45, 2.75) is 12.8 Å². The number of nitrogens with zero attached hydrogens (tertiary/aromatic N) is 1. The molecular weight excluding hydrogens is 309 g/mol. The number of hydrogen-bond donors (Lipinski definition) is 2. The number of rotatable bonds is 4. The molecule has 24 heavy (non-hydrogen) atoms. The largest absolute Gasteiger partial charge is 0.494 e. The first-order chi connectivity index (χ1) is 11.7. The van der Waals surface area contributed by atoms with Gasteiger partial charge in [0.05, 0.1) is 23.7 Å². The Hall–Kier alpha value is -2.89. The van der Waals surface area contributed by atoms with E-state index in [1.165, 1.54) is 12.1 Å². The zero-order valence-corrected chi connectivity index (χ0v) is 13.1. The van der Waals surface area contributed by atoms with Gasteiger partial charge in [-0.15, -0.1) is 0 Å². The Labute approximate surface area is 137 Å². The van der Waals surface area contributed by atoms with Crippen LogP contribution in [0.1, 0.15) is 12.8 Å². The molecule has 4 rings (SSSR count). The summed E-state index contributed by atoms with van der Waals surface area (Å²) in [5.74, 6) is 0.288. The molecule has 5 nitrogen and oxygen atoms in total. The van der Waals surface area contributed by atoms with Gasteiger partial charge in [0.25, 0.3) is 0 Å². The van der Waals surface area contributed by atoms with Crippen LogP contribution in [0.15, 0.2) is 36.4 Å². The lowest BCUT2D eigenvalue weighted by atomic mass is 10.1. The first-order valence-corrected chi connectivity index (χ1v) is 7.79. The zero-order chi connectivity index (χ0) is 16.7. The summed E-state index contributed by atoms with van der Waals surface area (Å²) in [5.41, 5.74) is 2.59. The van der Waals surface area contributed by atoms with Gasteiger partial charge in [-0.3, -0.25) is 9.89 Å². The Bertz CT molecular complexity index is 931. The van der Waals surface area contributed by atoms with Gasteiger partial charge in [0.15, 0.2) is 5.75 Å². The fourth-order valence-electron chi connectivity index (χ4n) is 2.82. The van der Waals surface area contributed by atoms with Crippen LogP contribution < -0.4 is 10.1 Å². The van der Waals surface area contributed by atoms with E-state index in [1.807, 2.05) is 6.07 Å². The van der Waals surface area contributed by atoms with Crippen molar-refractivity contribution in [3.05, 3.63) is 42.2 Å². The molecule has 1 aliphatic rings. The number of hydrogen-bond acceptors (Lipinski definition) is 3. The van der Waals surface area contributed by atoms with Crippen molar-refractivity contribution < 1.29 is 13.9 Å². The predicted octanol–water partition coefficient (Wildman–Crippen LogP) is 3.73. The van der Waals surface area contributed by atoms with Crippen LogP contribution in [0.4, 0.5) is 10.1 Å². The second kappa shape index (κ2) is 5.63. The van der Waals surface area contributed by atoms with Gasteiger partial charge in [0.1, 0.15) is 11.5 Å². The average molecular weight is 325 g/mol. The van der Waals surface area contributed by atoms with Crippen LogP contribution in [0.3, 0.4) is 0 Å². The first-order valence-electron chi connectivity index (χ1n) is 7.79. The van der Waals surface area contributed by atoms with E-state index in [4.69, 9.17) is 4.74 Å². The van der Waals surface area contributed by atoms with Crippen molar-refractivity contribution in [2.75, 3.05) is 12.4 Å². The van der Waals surface area contributed by atoms with Crippen molar-refractivity contribution in [3.8, 4) is 17.0 Å². The number of nitrogens with one attached hydrogen (secondary N) is 2. The summed E-state index contributed by atoms with van der Waals surface area (Å²) in [6.45, 7) is 0. The number of amides is 1. The van der Waals surface area contributed by atoms with E-state index in [-0.39, 0.29) is 17.6 Å². The van der Waals surface area contributed by atoms with Crippen LogP contribution in [-0.4, -0.2) is 23.2 Å². The second-order valence-corrected chi connectivity index (χ2v) is 5.92. The number of carbonyl (C=O) groups excluding carboxylic acids is 1. The molecule has 1 aliphatic carbocycles. The third-order valence-electron chi connectivity index (χ3n) is 4.19. The van der Waals surface area contributed by atoms with Gasteiger partial charge < -0.3 is 10.1 Å². The molecule has 0 unspecified atom stereocenters. The molecule has 0 atom stereocenters. The topological polar surface area (TPSA) is 67.0 Å². The number of halogens is 1. The van der Waals surface area contributed by atoms with Gasteiger partial charge >= 0.3 is 0 Å². The van der Waals surface area contributed by atoms with Crippen molar-refractivity contribution in [2.24, 2.45) is 5.92 Å². The minimum absolute atomic E-state index is 0.00319. The van der Waals surface area contributed by atoms with E-state index in [1.54, 1.807) is 25.3 Å². The molecule has 6 heteroatoms. The number of benzene rings is 2. The summed E-state index contributed by atoms with van der Waals surface area (Å²) in [4.78, 5) is 12.1. The molecule has 2 aromatic carbocycles. The average Bonchev–Trinajstić information content (AvgIpc) is 3.34. The van der Waals surface area contributed by atoms with Gasteiger partial charge in [-0.2, -0.15) is 5.10 Å². The minimum Gasteiger partial charge on any atom is -0.494 e. The lowest BCUT2D eigenvalue weighted by Gasteiger charge is -2.12. The number of carbonyl (C=O) groups is 1. The smallest absolute Gasteiger partial charge is 0.227 e. The van der Waals surface area contributed by atoms with E-state index in [0.29, 0.717) is 22.7 Å². The number of H-pyrrole nitrogens is 1. The van der Waals surface area contributed by atoms with E-state index in [9.17, 15) is 9.18 Å². The van der Waals surface area contributed by atoms with Crippen LogP contribution in [0, 0.1) is 11.7 Å². The minimum atomic E-state index is -0.333. The van der Waals surface area contributed by atoms with Crippen LogP contribution in [0.5, 0.6) is 5.75 Å². The molecule has 1 fully saturated rings. The second-order valence-electron chi connectivity index (χ2n) is 5.92. The fraction of sp³-hybridized carbons (Fsp3) is 0.222. The van der Waals surface area contributed by atoms with Crippen LogP contribution >= 0.6 is 0 Å². The van der Waals surface area contributed by atoms with Gasteiger partial charge in [-0.05, 0) is 37.1 Å². The van der Waals surface area contributed by atoms with Gasteiger partial charge in [0.2, 0.25) is 5.91 Å². The summed E-state index contributed by atoms with van der Waals surface area (Å²) in [6.07, 6.45) is 1.85. The summed E-state index contributed by atoms with van der Waals surface area (Å²) < 4.78 is 19.1. The van der Waals surface area contributed by atoms with E-state index in [2.05, 4.69) is 15.5 Å². The van der Waals surface area contributed by atoms with Gasteiger partial charge in [-0.25, -0.2) is 4.39 Å². The molecule has 122 valence electrons. The maximum Gasteiger partial charge on any atom is 0.227 e. The van der Waals surface area contributed by atoms with Crippen LogP contribution in [0.25, 0.3) is 22.2 Å². The number of anilines is 1. The van der Waals surface area contributed by atoms with Gasteiger partial charge in [-0.1, -0.05) is 12.1 Å². The van der Waals surface area contributed by atoms with Gasteiger partial charge in [0, 0.05) is 11.5 Å². The van der Waals surface area contributed by atoms with E-state index in [0.717, 1.165) is 23.7 Å². The SMILES string of the molecule is COc1c(NC(=O)C2CC2)ccc2[nH]nc(-c3cccc(F)c3)c12. The molecular formula is C18H16FN3O2. The number of aromatic amines is 1. The summed E-state index contributed by atoms with van der Waals surface area (Å²) in [6, 6.07) is 9.84. The molecule has 1 aromatic heterocycles. The Morgan fingerprint density at radius 3 is 2.88 bits per heavy atom. The molecule has 2 N–H and O–H groups in total. The standard InChI is InChI=1S/C18H16FN3O2/c1-24-17-14(20-18(23)10-5-6-10)8-7-13-15(17)16(22-21-13)11-3-2-4-12(19)9-11/h2-4,7-10H,5-6H2,1H3,(H,20,23)(H,21,22). The molecule has 0 bridgehead atoms. The highest BCUT2D eigenvalue weighted by molar-refractivity contribution is 6.04. The summed E-state index contributed by atoms with van der Waals surface area (Å²) in [5, 5.41) is 10.9. The Balaban J connectivity index is 1.85. The molecule has 3 aromatic rings. The maximum atomic E-state index is 13.6. The lowest BCUT2D eigenvalue weighted by molar-refractivity contribution is -0.117. The quantitative estimate of drug-likeness (QED) is 0.768. The highest BCUT2D eigenvalue weighted by atomic mass is 19.1. The molecule has 0 spiro atoms. The van der Waals surface area contributed by atoms with Crippen LogP contribution in [0.2, 0.25) is 0 Å². The monoisotopic (exact) mass is 325 g/mol. The molecule has 1 saturated carbocycles. The van der Waals surface area contributed by atoms with Crippen LogP contribution in [-0.2, 0) is 4.79 Å². The van der Waals surface area contributed by atoms with E-state index < -0.39 is 0 Å². The summed E-state index contributed by atoms with van der Waals surface area (Å²) in [7, 11) is 1.55. The molecule has 0 aliphatic heterocycles. The van der Waals surface area contributed by atoms with Crippen molar-refractivity contribution in [1.29, 1.82) is 0 Å².